The van der Waals surface area contributed by atoms with E-state index >= 15 is 0 Å². The summed E-state index contributed by atoms with van der Waals surface area (Å²) in [7, 11) is 0. The average Bonchev–Trinajstić information content (AvgIpc) is 2.74. The van der Waals surface area contributed by atoms with E-state index in [-0.39, 0.29) is 0 Å². The van der Waals surface area contributed by atoms with E-state index in [0.29, 0.717) is 6.04 Å². The van der Waals surface area contributed by atoms with E-state index in [9.17, 15) is 0 Å². The molecule has 0 saturated heterocycles. The predicted molar refractivity (Wildman–Crippen MR) is 59.2 cm³/mol. The average molecular weight is 195 g/mol. The maximum Gasteiger partial charge on any atom is 0.223 e. The normalized spacial score (nSPS) is 22.3. The molecule has 15 heavy (non-hydrogen) atoms. The zero-order chi connectivity index (χ0) is 10.1. The van der Waals surface area contributed by atoms with Crippen LogP contribution in [0.4, 0.5) is 0 Å². The van der Waals surface area contributed by atoms with Crippen LogP contribution in [0.5, 0.6) is 0 Å². The molecule has 2 nitrogen and oxygen atoms in total. The van der Waals surface area contributed by atoms with Crippen LogP contribution in [-0.4, -0.2) is 10.7 Å². The first kappa shape index (κ1) is 8.36. The van der Waals surface area contributed by atoms with Crippen molar-refractivity contribution in [2.45, 2.75) is 6.04 Å². The molecule has 0 bridgehead atoms. The van der Waals surface area contributed by atoms with Gasteiger partial charge in [-0.1, -0.05) is 41.1 Å². The second kappa shape index (κ2) is 3.31. The summed E-state index contributed by atoms with van der Waals surface area (Å²) in [6, 6.07) is 10.6. The highest BCUT2D eigenvalue weighted by atomic mass is 15.3. The van der Waals surface area contributed by atoms with Crippen molar-refractivity contribution in [1.29, 1.82) is 0 Å². The minimum atomic E-state index is 0.296. The van der Waals surface area contributed by atoms with Crippen LogP contribution in [0.1, 0.15) is 5.56 Å². The number of rotatable bonds is 1. The molecule has 0 fully saturated rings. The first-order valence-corrected chi connectivity index (χ1v) is 5.06. The molecule has 1 aromatic carbocycles. The van der Waals surface area contributed by atoms with Gasteiger partial charge >= 0.3 is 0 Å². The van der Waals surface area contributed by atoms with Crippen LogP contribution in [0.15, 0.2) is 66.0 Å². The van der Waals surface area contributed by atoms with E-state index in [1.807, 2.05) is 35.2 Å². The molecule has 0 radical (unpaired) electrons. The Balaban J connectivity index is 2.01. The Bertz CT molecular complexity index is 493. The van der Waals surface area contributed by atoms with Crippen LogP contribution in [0.2, 0.25) is 0 Å². The lowest BCUT2D eigenvalue weighted by Crippen LogP contribution is -2.13. The summed E-state index contributed by atoms with van der Waals surface area (Å²) >= 11 is 0. The predicted octanol–water partition coefficient (Wildman–Crippen LogP) is 2.96. The second-order valence-electron chi connectivity index (χ2n) is 3.61. The van der Waals surface area contributed by atoms with Gasteiger partial charge in [0.15, 0.2) is 6.20 Å². The minimum Gasteiger partial charge on any atom is -0.0804 e. The summed E-state index contributed by atoms with van der Waals surface area (Å²) < 4.78 is 1.97. The summed E-state index contributed by atoms with van der Waals surface area (Å²) in [6.07, 6.45) is 10.4. The Labute approximate surface area is 88.6 Å². The smallest absolute Gasteiger partial charge is 0.0804 e. The Kier molecular flexibility index (Phi) is 1.85. The molecule has 0 spiro atoms. The number of benzene rings is 1. The number of fused-ring (bicyclic) bond motifs is 1. The summed E-state index contributed by atoms with van der Waals surface area (Å²) in [5.74, 6) is 0. The fraction of sp³-hybridized carbons (Fsp3) is 0.0769. The van der Waals surface area contributed by atoms with Crippen LogP contribution in [0, 0.1) is 0 Å². The number of nitrogens with zero attached hydrogens (tertiary/aromatic N) is 2. The SMILES string of the molecule is C1=CC2C=C(c3ccccc3)N=[N+]2C=C1. The molecule has 3 rings (SSSR count). The molecule has 0 aliphatic carbocycles. The quantitative estimate of drug-likeness (QED) is 0.612. The van der Waals surface area contributed by atoms with Gasteiger partial charge in [-0.2, -0.15) is 0 Å². The van der Waals surface area contributed by atoms with E-state index in [1.54, 1.807) is 0 Å². The molecule has 72 valence electrons. The molecule has 2 heterocycles. The fourth-order valence-electron chi connectivity index (χ4n) is 1.82. The number of allylic oxidation sites excluding steroid dienone is 2. The van der Waals surface area contributed by atoms with Gasteiger partial charge in [-0.3, -0.25) is 0 Å². The lowest BCUT2D eigenvalue weighted by atomic mass is 10.1. The van der Waals surface area contributed by atoms with Crippen LogP contribution in [0.3, 0.4) is 0 Å². The third-order valence-corrected chi connectivity index (χ3v) is 2.59. The molecule has 2 heteroatoms. The molecular weight excluding hydrogens is 184 g/mol. The van der Waals surface area contributed by atoms with Crippen molar-refractivity contribution in [2.75, 3.05) is 0 Å². The minimum absolute atomic E-state index is 0.296. The first-order valence-electron chi connectivity index (χ1n) is 5.06. The Hall–Kier alpha value is -1.96. The molecule has 2 aliphatic rings. The highest BCUT2D eigenvalue weighted by Gasteiger charge is 2.26. The Morgan fingerprint density at radius 1 is 1.07 bits per heavy atom. The summed E-state index contributed by atoms with van der Waals surface area (Å²) in [6.45, 7) is 0. The zero-order valence-electron chi connectivity index (χ0n) is 8.25. The van der Waals surface area contributed by atoms with Gasteiger partial charge in [-0.05, 0) is 6.08 Å². The maximum absolute atomic E-state index is 4.54. The van der Waals surface area contributed by atoms with Crippen molar-refractivity contribution in [2.24, 2.45) is 5.11 Å². The van der Waals surface area contributed by atoms with Gasteiger partial charge in [0.1, 0.15) is 5.70 Å². The molecular formula is C13H11N2+. The van der Waals surface area contributed by atoms with Gasteiger partial charge < -0.3 is 0 Å². The van der Waals surface area contributed by atoms with E-state index in [4.69, 9.17) is 0 Å². The Morgan fingerprint density at radius 2 is 1.93 bits per heavy atom. The summed E-state index contributed by atoms with van der Waals surface area (Å²) in [5.41, 5.74) is 2.23. The van der Waals surface area contributed by atoms with Crippen molar-refractivity contribution in [3.8, 4) is 0 Å². The lowest BCUT2D eigenvalue weighted by molar-refractivity contribution is -0.534. The molecule has 1 atom stereocenters. The van der Waals surface area contributed by atoms with Crippen LogP contribution >= 0.6 is 0 Å². The third-order valence-electron chi connectivity index (χ3n) is 2.59. The van der Waals surface area contributed by atoms with Gasteiger partial charge in [-0.15, -0.1) is 0 Å². The molecule has 0 N–H and O–H groups in total. The van der Waals surface area contributed by atoms with Gasteiger partial charge in [-0.25, -0.2) is 0 Å². The van der Waals surface area contributed by atoms with Crippen LogP contribution < -0.4 is 0 Å². The molecule has 0 saturated carbocycles. The first-order chi connectivity index (χ1) is 7.43. The van der Waals surface area contributed by atoms with E-state index in [0.717, 1.165) is 5.70 Å². The van der Waals surface area contributed by atoms with Crippen molar-refractivity contribution in [3.05, 3.63) is 66.4 Å². The largest absolute Gasteiger partial charge is 0.223 e. The summed E-state index contributed by atoms with van der Waals surface area (Å²) in [4.78, 5) is 0. The molecule has 2 aliphatic heterocycles. The Morgan fingerprint density at radius 3 is 2.73 bits per heavy atom. The maximum atomic E-state index is 4.54. The number of azo groups is 2. The number of hydrogen-bond donors (Lipinski definition) is 0. The van der Waals surface area contributed by atoms with Crippen molar-refractivity contribution in [3.63, 3.8) is 0 Å². The zero-order valence-corrected chi connectivity index (χ0v) is 8.25. The van der Waals surface area contributed by atoms with E-state index in [2.05, 4.69) is 35.5 Å². The van der Waals surface area contributed by atoms with Crippen molar-refractivity contribution >= 4 is 5.70 Å². The third kappa shape index (κ3) is 1.44. The van der Waals surface area contributed by atoms with Gasteiger partial charge in [0.2, 0.25) is 6.04 Å². The lowest BCUT2D eigenvalue weighted by Gasteiger charge is -1.96. The van der Waals surface area contributed by atoms with Crippen LogP contribution in [-0.2, 0) is 0 Å². The molecule has 0 amide bonds. The van der Waals surface area contributed by atoms with Gasteiger partial charge in [0.25, 0.3) is 0 Å². The van der Waals surface area contributed by atoms with Crippen molar-refractivity contribution < 1.29 is 4.70 Å². The highest BCUT2D eigenvalue weighted by molar-refractivity contribution is 5.65. The topological polar surface area (TPSA) is 15.4 Å². The molecule has 1 aromatic rings. The molecule has 1 unspecified atom stereocenters. The highest BCUT2D eigenvalue weighted by Crippen LogP contribution is 2.24. The standard InChI is InChI=1S/C13H11N2/c1-2-6-11(7-3-1)13-10-12-8-4-5-9-15(12)14-13/h1-10,12H/q+1. The summed E-state index contributed by atoms with van der Waals surface area (Å²) in [5, 5.41) is 4.54. The monoisotopic (exact) mass is 195 g/mol. The van der Waals surface area contributed by atoms with Crippen LogP contribution in [0.25, 0.3) is 5.70 Å². The number of hydrogen-bond acceptors (Lipinski definition) is 1. The van der Waals surface area contributed by atoms with Gasteiger partial charge in [0, 0.05) is 22.8 Å². The van der Waals surface area contributed by atoms with Crippen molar-refractivity contribution in [1.82, 2.24) is 0 Å². The van der Waals surface area contributed by atoms with Gasteiger partial charge in [0.05, 0.1) is 0 Å². The fourth-order valence-corrected chi connectivity index (χ4v) is 1.82. The van der Waals surface area contributed by atoms with E-state index < -0.39 is 0 Å². The molecule has 0 aromatic heterocycles. The van der Waals surface area contributed by atoms with E-state index in [1.165, 1.54) is 5.56 Å². The second-order valence-corrected chi connectivity index (χ2v) is 3.61.